The average molecular weight is 343 g/mol. The molecule has 0 bridgehead atoms. The van der Waals surface area contributed by atoms with Crippen LogP contribution in [0.5, 0.6) is 0 Å². The van der Waals surface area contributed by atoms with Gasteiger partial charge in [-0.3, -0.25) is 0 Å². The zero-order valence-electron chi connectivity index (χ0n) is 8.28. The Morgan fingerprint density at radius 2 is 0.647 bits per heavy atom. The standard InChI is InChI=1S/2C2H2O4.H3N.Nb.2H2O.O/c2*3-1(4)2(5)6;;;;;/h2*(H,3,4)(H,5,6);1H3;;2*1H2;/p+1. The first kappa shape index (κ1) is 36.2. The molecule has 0 heterocycles. The summed E-state index contributed by atoms with van der Waals surface area (Å²) in [6, 6.07) is 0. The molecule has 0 amide bonds. The van der Waals surface area contributed by atoms with Gasteiger partial charge in [-0.15, -0.1) is 0 Å². The molecule has 0 aliphatic carbocycles. The molecule has 0 unspecified atom stereocenters. The van der Waals surface area contributed by atoms with E-state index in [1.54, 1.807) is 0 Å². The van der Waals surface area contributed by atoms with Crippen LogP contribution >= 0.6 is 0 Å². The first-order valence-corrected chi connectivity index (χ1v) is 3.29. The van der Waals surface area contributed by atoms with Crippen molar-refractivity contribution in [3.8, 4) is 0 Å². The Morgan fingerprint density at radius 1 is 0.588 bits per heavy atom. The zero-order valence-corrected chi connectivity index (χ0v) is 10.5. The summed E-state index contributed by atoms with van der Waals surface area (Å²) >= 11 is 0.500. The van der Waals surface area contributed by atoms with Crippen LogP contribution in [0, 0.1) is 0 Å². The van der Waals surface area contributed by atoms with E-state index >= 15 is 0 Å². The second kappa shape index (κ2) is 23.8. The molecular formula is C4H12NNbO11+. The first-order valence-electron chi connectivity index (χ1n) is 2.39. The fourth-order valence-electron chi connectivity index (χ4n) is 0. The second-order valence-corrected chi connectivity index (χ2v) is 1.22. The van der Waals surface area contributed by atoms with Crippen LogP contribution in [0.15, 0.2) is 0 Å². The number of carbonyl (C=O) groups is 4. The predicted molar refractivity (Wildman–Crippen MR) is 44.4 cm³/mol. The van der Waals surface area contributed by atoms with Gasteiger partial charge in [-0.2, -0.15) is 0 Å². The van der Waals surface area contributed by atoms with Gasteiger partial charge in [0.15, 0.2) is 0 Å². The van der Waals surface area contributed by atoms with Crippen molar-refractivity contribution in [3.05, 3.63) is 0 Å². The normalized spacial score (nSPS) is 5.35. The van der Waals surface area contributed by atoms with Crippen LogP contribution < -0.4 is 6.15 Å². The Kier molecular flexibility index (Phi) is 50.7. The summed E-state index contributed by atoms with van der Waals surface area (Å²) in [4.78, 5) is 36.4. The molecule has 0 saturated heterocycles. The van der Waals surface area contributed by atoms with Gasteiger partial charge in [0.05, 0.1) is 0 Å². The number of hydrogen-bond acceptors (Lipinski definition) is 5. The van der Waals surface area contributed by atoms with Crippen LogP contribution in [0.4, 0.5) is 0 Å². The minimum absolute atomic E-state index is 0. The first-order chi connectivity index (χ1) is 6.29. The SMILES string of the molecule is O.O.O=C(O)C(=O)O.O=C(O)C(=O)O.[NH4+].[O]=[Nb]. The van der Waals surface area contributed by atoms with Gasteiger partial charge in [0.1, 0.15) is 0 Å². The van der Waals surface area contributed by atoms with Gasteiger partial charge in [0, 0.05) is 0 Å². The predicted octanol–water partition coefficient (Wildman–Crippen LogP) is -3.08. The number of aliphatic carboxylic acids is 4. The molecule has 0 saturated carbocycles. The van der Waals surface area contributed by atoms with E-state index < -0.39 is 23.9 Å². The van der Waals surface area contributed by atoms with Crippen LogP contribution in [0.1, 0.15) is 0 Å². The van der Waals surface area contributed by atoms with Gasteiger partial charge < -0.3 is 37.5 Å². The molecule has 13 heteroatoms. The Balaban J connectivity index is -0.0000000268. The Labute approximate surface area is 105 Å². The topological polar surface area (TPSA) is 266 Å². The molecule has 0 aromatic carbocycles. The maximum atomic E-state index is 9.10. The van der Waals surface area contributed by atoms with Crippen molar-refractivity contribution in [3.63, 3.8) is 0 Å². The number of rotatable bonds is 0. The van der Waals surface area contributed by atoms with E-state index in [-0.39, 0.29) is 17.1 Å². The molecule has 0 atom stereocenters. The van der Waals surface area contributed by atoms with E-state index in [2.05, 4.69) is 0 Å². The van der Waals surface area contributed by atoms with Crippen LogP contribution in [0.2, 0.25) is 0 Å². The van der Waals surface area contributed by atoms with Gasteiger partial charge in [0.25, 0.3) is 0 Å². The fraction of sp³-hybridized carbons (Fsp3) is 0. The van der Waals surface area contributed by atoms with E-state index in [9.17, 15) is 0 Å². The molecule has 0 rings (SSSR count). The molecule has 17 heavy (non-hydrogen) atoms. The van der Waals surface area contributed by atoms with Gasteiger partial charge >= 0.3 is 48.2 Å². The van der Waals surface area contributed by atoms with E-state index in [1.807, 2.05) is 0 Å². The fourth-order valence-corrected chi connectivity index (χ4v) is 0. The Morgan fingerprint density at radius 3 is 0.647 bits per heavy atom. The van der Waals surface area contributed by atoms with Gasteiger partial charge in [-0.1, -0.05) is 0 Å². The summed E-state index contributed by atoms with van der Waals surface area (Å²) in [5.74, 6) is -7.30. The third-order valence-corrected chi connectivity index (χ3v) is 0.366. The molecular weight excluding hydrogens is 331 g/mol. The quantitative estimate of drug-likeness (QED) is 0.220. The monoisotopic (exact) mass is 343 g/mol. The van der Waals surface area contributed by atoms with Crippen molar-refractivity contribution >= 4 is 23.9 Å². The number of carboxylic acid groups (broad SMARTS) is 4. The minimum atomic E-state index is -1.82. The molecule has 12 nitrogen and oxygen atoms in total. The molecule has 0 radical (unpaired) electrons. The summed E-state index contributed by atoms with van der Waals surface area (Å²) in [5.41, 5.74) is 0. The molecule has 103 valence electrons. The molecule has 12 N–H and O–H groups in total. The van der Waals surface area contributed by atoms with Crippen molar-refractivity contribution in [2.45, 2.75) is 0 Å². The summed E-state index contributed by atoms with van der Waals surface area (Å²) in [6.07, 6.45) is 0. The van der Waals surface area contributed by atoms with E-state index in [0.717, 1.165) is 0 Å². The zero-order chi connectivity index (χ0) is 12.3. The van der Waals surface area contributed by atoms with Crippen LogP contribution in [-0.2, 0) is 43.5 Å². The van der Waals surface area contributed by atoms with E-state index in [4.69, 9.17) is 42.9 Å². The molecule has 0 spiro atoms. The van der Waals surface area contributed by atoms with E-state index in [0.29, 0.717) is 21.0 Å². The van der Waals surface area contributed by atoms with Crippen molar-refractivity contribution in [2.24, 2.45) is 0 Å². The molecule has 0 fully saturated rings. The Hall–Kier alpha value is -1.70. The van der Waals surface area contributed by atoms with E-state index in [1.165, 1.54) is 0 Å². The Bertz CT molecular complexity index is 192. The number of carboxylic acids is 4. The summed E-state index contributed by atoms with van der Waals surface area (Å²) in [5, 5.41) is 29.6. The van der Waals surface area contributed by atoms with Crippen molar-refractivity contribution in [1.82, 2.24) is 6.15 Å². The third kappa shape index (κ3) is 54.5. The summed E-state index contributed by atoms with van der Waals surface area (Å²) in [7, 11) is 0. The van der Waals surface area contributed by atoms with Gasteiger partial charge in [0.2, 0.25) is 0 Å². The van der Waals surface area contributed by atoms with Crippen LogP contribution in [0.25, 0.3) is 0 Å². The summed E-state index contributed by atoms with van der Waals surface area (Å²) in [6.45, 7) is 0. The van der Waals surface area contributed by atoms with Crippen molar-refractivity contribution in [2.75, 3.05) is 0 Å². The second-order valence-electron chi connectivity index (χ2n) is 1.22. The number of hydrogen-bond donors (Lipinski definition) is 5. The molecule has 0 aliphatic rings. The third-order valence-electron chi connectivity index (χ3n) is 0.366. The molecule has 0 aliphatic heterocycles. The molecule has 0 aromatic heterocycles. The van der Waals surface area contributed by atoms with Crippen molar-refractivity contribution in [1.29, 1.82) is 0 Å². The van der Waals surface area contributed by atoms with Crippen LogP contribution in [0.3, 0.4) is 0 Å². The average Bonchev–Trinajstić information content (AvgIpc) is 2.08. The van der Waals surface area contributed by atoms with Crippen molar-refractivity contribution < 1.29 is 74.8 Å². The maximum absolute atomic E-state index is 9.10. The summed E-state index contributed by atoms with van der Waals surface area (Å²) < 4.78 is 8.30. The number of quaternary nitrogens is 1. The van der Waals surface area contributed by atoms with Gasteiger partial charge in [-0.25, -0.2) is 19.2 Å². The molecule has 0 aromatic rings. The van der Waals surface area contributed by atoms with Gasteiger partial charge in [-0.05, 0) is 0 Å². The van der Waals surface area contributed by atoms with Crippen LogP contribution in [-0.4, -0.2) is 55.3 Å².